The van der Waals surface area contributed by atoms with Gasteiger partial charge in [0.1, 0.15) is 0 Å². The van der Waals surface area contributed by atoms with E-state index in [1.165, 1.54) is 49.9 Å². The molecular formula is C44H34BNO2. The predicted molar refractivity (Wildman–Crippen MR) is 197 cm³/mol. The summed E-state index contributed by atoms with van der Waals surface area (Å²) in [4.78, 5) is 5.36. The minimum Gasteiger partial charge on any atom is -0.399 e. The topological polar surface area (TPSA) is 31.4 Å². The van der Waals surface area contributed by atoms with Gasteiger partial charge in [-0.3, -0.25) is 0 Å². The normalized spacial score (nSPS) is 17.5. The first-order valence-corrected chi connectivity index (χ1v) is 16.9. The van der Waals surface area contributed by atoms with Crippen molar-refractivity contribution in [2.24, 2.45) is 0 Å². The number of para-hydroxylation sites is 1. The third kappa shape index (κ3) is 3.54. The Morgan fingerprint density at radius 3 is 1.69 bits per heavy atom. The zero-order valence-electron chi connectivity index (χ0n) is 27.5. The SMILES string of the molecule is CC1(C)OB(c2cccc(-c3nc4ccccc4c4cc5c(cc34)-c3ccccc3C53c4ccccc4-c4ccccc43)c2)OC1(C)C. The summed E-state index contributed by atoms with van der Waals surface area (Å²) < 4.78 is 12.9. The minimum atomic E-state index is -0.444. The van der Waals surface area contributed by atoms with Crippen molar-refractivity contribution < 1.29 is 9.31 Å². The lowest BCUT2D eigenvalue weighted by atomic mass is 9.70. The summed E-state index contributed by atoms with van der Waals surface area (Å²) in [7, 11) is -0.444. The molecular weight excluding hydrogens is 585 g/mol. The second kappa shape index (κ2) is 9.53. The molecule has 1 spiro atoms. The zero-order valence-corrected chi connectivity index (χ0v) is 27.5. The van der Waals surface area contributed by atoms with Crippen molar-refractivity contribution in [1.82, 2.24) is 4.98 Å². The van der Waals surface area contributed by atoms with Gasteiger partial charge in [0.05, 0.1) is 27.8 Å². The summed E-state index contributed by atoms with van der Waals surface area (Å²) in [5.74, 6) is 0. The summed E-state index contributed by atoms with van der Waals surface area (Å²) in [5, 5.41) is 3.52. The Kier molecular flexibility index (Phi) is 5.57. The molecule has 230 valence electrons. The van der Waals surface area contributed by atoms with Gasteiger partial charge in [0.25, 0.3) is 0 Å². The lowest BCUT2D eigenvalue weighted by Crippen LogP contribution is -2.41. The fourth-order valence-electron chi connectivity index (χ4n) is 8.57. The Morgan fingerprint density at radius 1 is 0.479 bits per heavy atom. The van der Waals surface area contributed by atoms with Gasteiger partial charge >= 0.3 is 7.12 Å². The maximum Gasteiger partial charge on any atom is 0.494 e. The predicted octanol–water partition coefficient (Wildman–Crippen LogP) is 9.70. The third-order valence-corrected chi connectivity index (χ3v) is 11.5. The maximum absolute atomic E-state index is 6.47. The fraction of sp³-hybridized carbons (Fsp3) is 0.159. The van der Waals surface area contributed by atoms with E-state index in [-0.39, 0.29) is 0 Å². The number of fused-ring (bicyclic) bond motifs is 13. The zero-order chi connectivity index (χ0) is 32.4. The quantitative estimate of drug-likeness (QED) is 0.143. The lowest BCUT2D eigenvalue weighted by Gasteiger charge is -2.32. The molecule has 1 aromatic heterocycles. The van der Waals surface area contributed by atoms with Crippen LogP contribution in [-0.4, -0.2) is 23.3 Å². The average Bonchev–Trinajstić information content (AvgIpc) is 3.66. The monoisotopic (exact) mass is 619 g/mol. The van der Waals surface area contributed by atoms with Crippen molar-refractivity contribution >= 4 is 34.3 Å². The second-order valence-corrected chi connectivity index (χ2v) is 14.5. The molecule has 1 aliphatic heterocycles. The fourth-order valence-corrected chi connectivity index (χ4v) is 8.57. The van der Waals surface area contributed by atoms with Gasteiger partial charge in [-0.1, -0.05) is 115 Å². The third-order valence-electron chi connectivity index (χ3n) is 11.5. The summed E-state index contributed by atoms with van der Waals surface area (Å²) >= 11 is 0. The number of benzene rings is 6. The number of nitrogens with zero attached hydrogens (tertiary/aromatic N) is 1. The molecule has 0 atom stereocenters. The van der Waals surface area contributed by atoms with Crippen molar-refractivity contribution in [3.8, 4) is 33.5 Å². The van der Waals surface area contributed by atoms with Crippen molar-refractivity contribution in [3.63, 3.8) is 0 Å². The largest absolute Gasteiger partial charge is 0.494 e. The van der Waals surface area contributed by atoms with Crippen molar-refractivity contribution in [1.29, 1.82) is 0 Å². The van der Waals surface area contributed by atoms with Crippen LogP contribution < -0.4 is 5.46 Å². The second-order valence-electron chi connectivity index (χ2n) is 14.5. The summed E-state index contributed by atoms with van der Waals surface area (Å²) in [6, 6.07) is 49.0. The molecule has 7 aromatic rings. The van der Waals surface area contributed by atoms with E-state index in [0.29, 0.717) is 0 Å². The first-order valence-electron chi connectivity index (χ1n) is 16.9. The molecule has 0 N–H and O–H groups in total. The van der Waals surface area contributed by atoms with E-state index in [1.54, 1.807) is 0 Å². The van der Waals surface area contributed by atoms with E-state index in [0.717, 1.165) is 33.0 Å². The maximum atomic E-state index is 6.47. The molecule has 3 aliphatic rings. The molecule has 6 aromatic carbocycles. The van der Waals surface area contributed by atoms with Crippen LogP contribution in [0.1, 0.15) is 49.9 Å². The number of hydrogen-bond donors (Lipinski definition) is 0. The van der Waals surface area contributed by atoms with E-state index in [2.05, 4.69) is 161 Å². The highest BCUT2D eigenvalue weighted by Crippen LogP contribution is 2.63. The van der Waals surface area contributed by atoms with E-state index in [4.69, 9.17) is 14.3 Å². The van der Waals surface area contributed by atoms with Gasteiger partial charge in [0.2, 0.25) is 0 Å². The van der Waals surface area contributed by atoms with Crippen molar-refractivity contribution in [2.45, 2.75) is 44.3 Å². The molecule has 1 saturated heterocycles. The first-order chi connectivity index (χ1) is 23.3. The van der Waals surface area contributed by atoms with Gasteiger partial charge in [-0.05, 0) is 101 Å². The Hall–Kier alpha value is -5.03. The van der Waals surface area contributed by atoms with Gasteiger partial charge in [0, 0.05) is 16.3 Å². The molecule has 2 heterocycles. The summed E-state index contributed by atoms with van der Waals surface area (Å²) in [6.07, 6.45) is 0. The lowest BCUT2D eigenvalue weighted by molar-refractivity contribution is 0.00578. The van der Waals surface area contributed by atoms with Gasteiger partial charge in [0.15, 0.2) is 0 Å². The molecule has 0 amide bonds. The molecule has 0 saturated carbocycles. The van der Waals surface area contributed by atoms with Crippen molar-refractivity contribution in [3.05, 3.63) is 156 Å². The van der Waals surface area contributed by atoms with Crippen LogP contribution in [0, 0.1) is 0 Å². The van der Waals surface area contributed by atoms with E-state index in [9.17, 15) is 0 Å². The minimum absolute atomic E-state index is 0.394. The molecule has 0 radical (unpaired) electrons. The van der Waals surface area contributed by atoms with Crippen LogP contribution in [0.5, 0.6) is 0 Å². The standard InChI is InChI=1S/C44H34BNO2/c1-42(2)43(3,4)48-45(47-42)28-15-13-14-27(24-28)41-35-25-34-31-18-7-11-22-38(31)44(39(34)26-33(35)32-19-8-12-23-40(32)46-41)36-20-9-5-16-29(36)30-17-6-10-21-37(30)44/h5-26H,1-4H3. The van der Waals surface area contributed by atoms with Gasteiger partial charge in [-0.25, -0.2) is 4.98 Å². The van der Waals surface area contributed by atoms with Crippen LogP contribution in [0.2, 0.25) is 0 Å². The number of rotatable bonds is 2. The van der Waals surface area contributed by atoms with Crippen LogP contribution in [0.25, 0.3) is 55.2 Å². The van der Waals surface area contributed by atoms with E-state index >= 15 is 0 Å². The smallest absolute Gasteiger partial charge is 0.399 e. The van der Waals surface area contributed by atoms with Crippen molar-refractivity contribution in [2.75, 3.05) is 0 Å². The molecule has 1 fully saturated rings. The van der Waals surface area contributed by atoms with Gasteiger partial charge < -0.3 is 9.31 Å². The van der Waals surface area contributed by atoms with Crippen LogP contribution in [-0.2, 0) is 14.7 Å². The van der Waals surface area contributed by atoms with Crippen LogP contribution in [0.4, 0.5) is 0 Å². The summed E-state index contributed by atoms with van der Waals surface area (Å²) in [6.45, 7) is 8.40. The van der Waals surface area contributed by atoms with Crippen LogP contribution in [0.15, 0.2) is 133 Å². The highest BCUT2D eigenvalue weighted by Gasteiger charge is 2.53. The average molecular weight is 620 g/mol. The Labute approximate surface area is 281 Å². The molecule has 10 rings (SSSR count). The molecule has 2 aliphatic carbocycles. The molecule has 0 unspecified atom stereocenters. The van der Waals surface area contributed by atoms with E-state index in [1.807, 2.05) is 0 Å². The van der Waals surface area contributed by atoms with Gasteiger partial charge in [-0.2, -0.15) is 0 Å². The molecule has 4 heteroatoms. The number of hydrogen-bond acceptors (Lipinski definition) is 3. The highest BCUT2D eigenvalue weighted by atomic mass is 16.7. The van der Waals surface area contributed by atoms with E-state index < -0.39 is 23.7 Å². The Morgan fingerprint density at radius 2 is 1.04 bits per heavy atom. The highest BCUT2D eigenvalue weighted by molar-refractivity contribution is 6.62. The van der Waals surface area contributed by atoms with Crippen LogP contribution in [0.3, 0.4) is 0 Å². The molecule has 0 bridgehead atoms. The first kappa shape index (κ1) is 28.0. The summed E-state index contributed by atoms with van der Waals surface area (Å²) in [5.41, 5.74) is 13.3. The Balaban J connectivity index is 1.27. The van der Waals surface area contributed by atoms with Crippen LogP contribution >= 0.6 is 0 Å². The Bertz CT molecular complexity index is 2430. The molecule has 3 nitrogen and oxygen atoms in total. The molecule has 48 heavy (non-hydrogen) atoms. The van der Waals surface area contributed by atoms with Gasteiger partial charge in [-0.15, -0.1) is 0 Å². The number of aromatic nitrogens is 1. The number of pyridine rings is 1.